The Hall–Kier alpha value is -3.18. The number of hydrogen-bond donors (Lipinski definition) is 2. The van der Waals surface area contributed by atoms with E-state index in [4.69, 9.17) is 0 Å². The number of anilines is 3. The molecule has 3 aromatic rings. The first-order valence-corrected chi connectivity index (χ1v) is 10.3. The molecule has 0 aromatic carbocycles. The molecule has 2 aliphatic rings. The Bertz CT molecular complexity index is 1050. The summed E-state index contributed by atoms with van der Waals surface area (Å²) in [5.74, 6) is 0.258. The molecule has 2 N–H and O–H groups in total. The Kier molecular flexibility index (Phi) is 4.78. The van der Waals surface area contributed by atoms with Gasteiger partial charge >= 0.3 is 6.18 Å². The maximum Gasteiger partial charge on any atom is 0.421 e. The van der Waals surface area contributed by atoms with Gasteiger partial charge in [0.05, 0.1) is 42.1 Å². The lowest BCUT2D eigenvalue weighted by atomic mass is 9.87. The third-order valence-corrected chi connectivity index (χ3v) is 5.68. The number of rotatable bonds is 7. The van der Waals surface area contributed by atoms with Gasteiger partial charge in [-0.15, -0.1) is 0 Å². The van der Waals surface area contributed by atoms with Gasteiger partial charge < -0.3 is 10.6 Å². The Balaban J connectivity index is 1.37. The summed E-state index contributed by atoms with van der Waals surface area (Å²) < 4.78 is 41.7. The van der Waals surface area contributed by atoms with Crippen LogP contribution in [0.1, 0.15) is 61.9 Å². The molecule has 3 heterocycles. The molecule has 0 saturated heterocycles. The third-order valence-electron chi connectivity index (χ3n) is 5.68. The number of nitrogens with zero attached hydrogens (tertiary/aromatic N) is 7. The van der Waals surface area contributed by atoms with E-state index in [-0.39, 0.29) is 23.8 Å². The summed E-state index contributed by atoms with van der Waals surface area (Å²) in [7, 11) is 0. The van der Waals surface area contributed by atoms with Crippen LogP contribution in [0, 0.1) is 0 Å². The van der Waals surface area contributed by atoms with Crippen LogP contribution in [-0.4, -0.2) is 41.3 Å². The topological polar surface area (TPSA) is 98.4 Å². The quantitative estimate of drug-likeness (QED) is 0.583. The molecule has 5 rings (SSSR count). The zero-order valence-corrected chi connectivity index (χ0v) is 16.8. The van der Waals surface area contributed by atoms with Gasteiger partial charge in [0.25, 0.3) is 0 Å². The van der Waals surface area contributed by atoms with Crippen molar-refractivity contribution in [1.82, 2.24) is 34.7 Å². The highest BCUT2D eigenvalue weighted by atomic mass is 19.4. The van der Waals surface area contributed by atoms with E-state index in [9.17, 15) is 13.2 Å². The fourth-order valence-corrected chi connectivity index (χ4v) is 3.96. The third kappa shape index (κ3) is 3.81. The fraction of sp³-hybridized carbons (Fsp3) is 0.526. The van der Waals surface area contributed by atoms with Crippen LogP contribution in [0.2, 0.25) is 0 Å². The maximum absolute atomic E-state index is 13.2. The molecule has 0 aliphatic heterocycles. The van der Waals surface area contributed by atoms with E-state index in [1.54, 1.807) is 30.3 Å². The van der Waals surface area contributed by atoms with Crippen molar-refractivity contribution in [2.75, 3.05) is 17.2 Å². The van der Waals surface area contributed by atoms with Crippen molar-refractivity contribution < 1.29 is 13.2 Å². The molecule has 0 spiro atoms. The van der Waals surface area contributed by atoms with Gasteiger partial charge in [-0.25, -0.2) is 4.98 Å². The molecule has 0 radical (unpaired) electrons. The van der Waals surface area contributed by atoms with Gasteiger partial charge in [-0.05, 0) is 32.6 Å². The molecule has 0 amide bonds. The van der Waals surface area contributed by atoms with E-state index >= 15 is 0 Å². The van der Waals surface area contributed by atoms with Crippen LogP contribution in [0.25, 0.3) is 0 Å². The average Bonchev–Trinajstić information content (AvgIpc) is 3.21. The number of halogens is 3. The first kappa shape index (κ1) is 19.8. The van der Waals surface area contributed by atoms with Crippen LogP contribution in [0.3, 0.4) is 0 Å². The summed E-state index contributed by atoms with van der Waals surface area (Å²) in [6, 6.07) is 0.501. The van der Waals surface area contributed by atoms with Crippen LogP contribution in [0.5, 0.6) is 0 Å². The van der Waals surface area contributed by atoms with E-state index in [1.165, 1.54) is 0 Å². The molecule has 12 heteroatoms. The molecule has 164 valence electrons. The predicted octanol–water partition coefficient (Wildman–Crippen LogP) is 3.91. The Morgan fingerprint density at radius 1 is 1.06 bits per heavy atom. The molecular weight excluding hydrogens is 411 g/mol. The largest absolute Gasteiger partial charge is 0.421 e. The molecule has 0 unspecified atom stereocenters. The van der Waals surface area contributed by atoms with Crippen molar-refractivity contribution in [2.45, 2.75) is 56.8 Å². The molecule has 31 heavy (non-hydrogen) atoms. The minimum Gasteiger partial charge on any atom is -0.370 e. The second kappa shape index (κ2) is 7.50. The Morgan fingerprint density at radius 3 is 2.45 bits per heavy atom. The molecule has 2 saturated carbocycles. The molecule has 3 aromatic heterocycles. The lowest BCUT2D eigenvalue weighted by Gasteiger charge is -2.35. The van der Waals surface area contributed by atoms with Gasteiger partial charge in [0.15, 0.2) is 0 Å². The van der Waals surface area contributed by atoms with Crippen LogP contribution >= 0.6 is 0 Å². The van der Waals surface area contributed by atoms with Crippen molar-refractivity contribution >= 4 is 17.5 Å². The first-order valence-electron chi connectivity index (χ1n) is 10.3. The van der Waals surface area contributed by atoms with E-state index in [2.05, 4.69) is 35.9 Å². The van der Waals surface area contributed by atoms with Crippen LogP contribution in [-0.2, 0) is 6.18 Å². The molecule has 0 bridgehead atoms. The Morgan fingerprint density at radius 2 is 1.81 bits per heavy atom. The highest BCUT2D eigenvalue weighted by Gasteiger charge is 2.39. The van der Waals surface area contributed by atoms with Crippen molar-refractivity contribution in [3.8, 4) is 0 Å². The van der Waals surface area contributed by atoms with Gasteiger partial charge in [-0.3, -0.25) is 4.68 Å². The monoisotopic (exact) mass is 433 g/mol. The molecule has 9 nitrogen and oxygen atoms in total. The summed E-state index contributed by atoms with van der Waals surface area (Å²) >= 11 is 0. The summed E-state index contributed by atoms with van der Waals surface area (Å²) in [6.45, 7) is 2.04. The SMILES string of the molecule is CCNc1nc(Nc2cnn([C@H]3C[C@@H](n4nccn4)C3)c2C2CC2)ncc1C(F)(F)F. The molecule has 0 atom stereocenters. The lowest BCUT2D eigenvalue weighted by molar-refractivity contribution is -0.137. The van der Waals surface area contributed by atoms with Crippen LogP contribution in [0.4, 0.5) is 30.6 Å². The fourth-order valence-electron chi connectivity index (χ4n) is 3.96. The first-order chi connectivity index (χ1) is 14.9. The smallest absolute Gasteiger partial charge is 0.370 e. The molecular formula is C19H22F3N9. The lowest BCUT2D eigenvalue weighted by Crippen LogP contribution is -2.32. The van der Waals surface area contributed by atoms with Gasteiger partial charge in [0.2, 0.25) is 5.95 Å². The maximum atomic E-state index is 13.2. The summed E-state index contributed by atoms with van der Waals surface area (Å²) in [5.41, 5.74) is 0.918. The summed E-state index contributed by atoms with van der Waals surface area (Å²) in [5, 5.41) is 18.8. The highest BCUT2D eigenvalue weighted by Crippen LogP contribution is 2.48. The summed E-state index contributed by atoms with van der Waals surface area (Å²) in [4.78, 5) is 9.70. The van der Waals surface area contributed by atoms with Crippen LogP contribution in [0.15, 0.2) is 24.8 Å². The van der Waals surface area contributed by atoms with Gasteiger partial charge in [0, 0.05) is 18.7 Å². The minimum atomic E-state index is -4.52. The van der Waals surface area contributed by atoms with Crippen LogP contribution < -0.4 is 10.6 Å². The highest BCUT2D eigenvalue weighted by molar-refractivity contribution is 5.60. The Labute approximate surface area is 176 Å². The second-order valence-electron chi connectivity index (χ2n) is 7.90. The normalized spacial score (nSPS) is 21.0. The van der Waals surface area contributed by atoms with E-state index in [0.29, 0.717) is 12.5 Å². The molecule has 2 fully saturated rings. The average molecular weight is 433 g/mol. The van der Waals surface area contributed by atoms with E-state index in [0.717, 1.165) is 43.3 Å². The zero-order valence-electron chi connectivity index (χ0n) is 16.8. The number of aromatic nitrogens is 7. The number of alkyl halides is 3. The van der Waals surface area contributed by atoms with Gasteiger partial charge in [-0.1, -0.05) is 0 Å². The van der Waals surface area contributed by atoms with E-state index < -0.39 is 11.7 Å². The van der Waals surface area contributed by atoms with Gasteiger partial charge in [0.1, 0.15) is 11.4 Å². The van der Waals surface area contributed by atoms with Crippen molar-refractivity contribution in [2.24, 2.45) is 0 Å². The minimum absolute atomic E-state index is 0.109. The zero-order chi connectivity index (χ0) is 21.6. The number of hydrogen-bond acceptors (Lipinski definition) is 7. The molecule has 2 aliphatic carbocycles. The summed E-state index contributed by atoms with van der Waals surface area (Å²) in [6.07, 6.45) is 5.23. The van der Waals surface area contributed by atoms with Gasteiger partial charge in [-0.2, -0.15) is 38.2 Å². The van der Waals surface area contributed by atoms with Crippen molar-refractivity contribution in [1.29, 1.82) is 0 Å². The standard InChI is InChI=1S/C19H22F3N9/c1-2-23-17-14(19(20,21)22)9-24-18(29-17)28-15-10-27-30(16(15)11-3-4-11)12-7-13(8-12)31-25-5-6-26-31/h5-6,9-13H,2-4,7-8H2,1H3,(H2,23,24,28,29)/t12-,13+. The number of nitrogens with one attached hydrogen (secondary N) is 2. The van der Waals surface area contributed by atoms with Crippen molar-refractivity contribution in [3.05, 3.63) is 36.0 Å². The van der Waals surface area contributed by atoms with Crippen molar-refractivity contribution in [3.63, 3.8) is 0 Å². The second-order valence-corrected chi connectivity index (χ2v) is 7.90. The van der Waals surface area contributed by atoms with E-state index in [1.807, 2.05) is 4.68 Å². The predicted molar refractivity (Wildman–Crippen MR) is 106 cm³/mol.